The number of anilines is 1. The molecule has 0 bridgehead atoms. The van der Waals surface area contributed by atoms with Crippen molar-refractivity contribution < 1.29 is 24.0 Å². The number of nitro benzene ring substituents is 1. The predicted octanol–water partition coefficient (Wildman–Crippen LogP) is 3.95. The first-order valence-corrected chi connectivity index (χ1v) is 10.6. The highest BCUT2D eigenvalue weighted by atomic mass is 16.6. The quantitative estimate of drug-likeness (QED) is 0.346. The summed E-state index contributed by atoms with van der Waals surface area (Å²) in [5.41, 5.74) is 1.33. The maximum atomic E-state index is 11.9. The molecule has 1 aromatic carbocycles. The Morgan fingerprint density at radius 1 is 1.19 bits per heavy atom. The zero-order chi connectivity index (χ0) is 23.1. The lowest BCUT2D eigenvalue weighted by Gasteiger charge is -2.40. The van der Waals surface area contributed by atoms with Crippen molar-refractivity contribution in [3.05, 3.63) is 33.9 Å². The van der Waals surface area contributed by atoms with Crippen molar-refractivity contribution in [2.75, 3.05) is 38.8 Å². The number of rotatable bonds is 8. The van der Waals surface area contributed by atoms with Gasteiger partial charge < -0.3 is 19.3 Å². The Labute approximate surface area is 183 Å². The van der Waals surface area contributed by atoms with Gasteiger partial charge in [-0.2, -0.15) is 0 Å². The number of amides is 1. The van der Waals surface area contributed by atoms with Crippen molar-refractivity contribution in [3.8, 4) is 0 Å². The Kier molecular flexibility index (Phi) is 8.65. The van der Waals surface area contributed by atoms with Gasteiger partial charge in [-0.25, -0.2) is 4.79 Å². The van der Waals surface area contributed by atoms with Crippen LogP contribution in [0.1, 0.15) is 51.5 Å². The van der Waals surface area contributed by atoms with Crippen molar-refractivity contribution in [2.24, 2.45) is 5.92 Å². The summed E-state index contributed by atoms with van der Waals surface area (Å²) in [7, 11) is 2.70. The summed E-state index contributed by atoms with van der Waals surface area (Å²) in [5.74, 6) is -0.240. The number of nitrogens with zero attached hydrogens (tertiary/aromatic N) is 3. The van der Waals surface area contributed by atoms with E-state index in [4.69, 9.17) is 9.47 Å². The van der Waals surface area contributed by atoms with Crippen LogP contribution in [0, 0.1) is 16.0 Å². The van der Waals surface area contributed by atoms with Crippen LogP contribution < -0.4 is 4.90 Å². The number of likely N-dealkylation sites (tertiary alicyclic amines) is 1. The number of esters is 1. The molecule has 1 amide bonds. The molecule has 0 N–H and O–H groups in total. The summed E-state index contributed by atoms with van der Waals surface area (Å²) in [6.45, 7) is 7.78. The van der Waals surface area contributed by atoms with Crippen LogP contribution in [0.25, 0.3) is 0 Å². The molecule has 1 aliphatic heterocycles. The lowest BCUT2D eigenvalue weighted by atomic mass is 9.95. The minimum atomic E-state index is -0.361. The molecular formula is C22H33N3O6. The standard InChI is InChI=1S/C22H33N3O6/c1-15(2)14-24(18-8-10-23(11-9-18)22(27)31-5)19-7-6-17(13-20(19)25(28)29)16(3)12-21(26)30-4/h6-7,13,15-16,18H,8-12,14H2,1-5H3/t16-/m1/s1. The van der Waals surface area contributed by atoms with E-state index in [0.29, 0.717) is 44.1 Å². The topological polar surface area (TPSA) is 102 Å². The zero-order valence-corrected chi connectivity index (χ0v) is 19.0. The van der Waals surface area contributed by atoms with Gasteiger partial charge in [0, 0.05) is 31.7 Å². The summed E-state index contributed by atoms with van der Waals surface area (Å²) in [4.78, 5) is 38.8. The number of methoxy groups -OCH3 is 2. The number of ether oxygens (including phenoxy) is 2. The summed E-state index contributed by atoms with van der Waals surface area (Å²) in [6, 6.07) is 5.29. The van der Waals surface area contributed by atoms with Gasteiger partial charge in [-0.05, 0) is 36.3 Å². The first kappa shape index (κ1) is 24.4. The Balaban J connectivity index is 2.32. The van der Waals surface area contributed by atoms with Crippen LogP contribution in [0.5, 0.6) is 0 Å². The van der Waals surface area contributed by atoms with Gasteiger partial charge in [0.1, 0.15) is 5.69 Å². The minimum Gasteiger partial charge on any atom is -0.469 e. The maximum Gasteiger partial charge on any atom is 0.409 e. The van der Waals surface area contributed by atoms with Crippen LogP contribution in [0.4, 0.5) is 16.2 Å². The number of nitro groups is 1. The van der Waals surface area contributed by atoms with E-state index < -0.39 is 0 Å². The van der Waals surface area contributed by atoms with Crippen LogP contribution in [0.2, 0.25) is 0 Å². The van der Waals surface area contributed by atoms with Gasteiger partial charge in [0.15, 0.2) is 0 Å². The number of benzene rings is 1. The number of carbonyl (C=O) groups is 2. The number of carbonyl (C=O) groups excluding carboxylic acids is 2. The van der Waals surface area contributed by atoms with Crippen molar-refractivity contribution in [3.63, 3.8) is 0 Å². The Morgan fingerprint density at radius 2 is 1.84 bits per heavy atom. The molecule has 172 valence electrons. The summed E-state index contributed by atoms with van der Waals surface area (Å²) in [5, 5.41) is 11.9. The molecule has 1 atom stereocenters. The first-order chi connectivity index (χ1) is 14.7. The number of hydrogen-bond donors (Lipinski definition) is 0. The van der Waals surface area contributed by atoms with E-state index in [2.05, 4.69) is 18.7 Å². The summed E-state index contributed by atoms with van der Waals surface area (Å²) < 4.78 is 9.53. The average molecular weight is 436 g/mol. The minimum absolute atomic E-state index is 0.0327. The van der Waals surface area contributed by atoms with Gasteiger partial charge in [0.2, 0.25) is 0 Å². The monoisotopic (exact) mass is 435 g/mol. The van der Waals surface area contributed by atoms with E-state index in [1.54, 1.807) is 17.0 Å². The van der Waals surface area contributed by atoms with Crippen molar-refractivity contribution in [1.29, 1.82) is 0 Å². The van der Waals surface area contributed by atoms with Crippen LogP contribution in [-0.2, 0) is 14.3 Å². The second-order valence-electron chi connectivity index (χ2n) is 8.42. The molecule has 2 rings (SSSR count). The number of hydrogen-bond acceptors (Lipinski definition) is 7. The molecule has 1 heterocycles. The third-order valence-corrected chi connectivity index (χ3v) is 5.68. The maximum absolute atomic E-state index is 11.9. The Hall–Kier alpha value is -2.84. The highest BCUT2D eigenvalue weighted by molar-refractivity contribution is 5.71. The largest absolute Gasteiger partial charge is 0.469 e. The molecule has 1 saturated heterocycles. The molecule has 9 nitrogen and oxygen atoms in total. The molecule has 1 aromatic rings. The summed E-state index contributed by atoms with van der Waals surface area (Å²) in [6.07, 6.45) is 1.23. The molecule has 31 heavy (non-hydrogen) atoms. The summed E-state index contributed by atoms with van der Waals surface area (Å²) >= 11 is 0. The molecule has 1 aliphatic rings. The first-order valence-electron chi connectivity index (χ1n) is 10.6. The van der Waals surface area contributed by atoms with Crippen LogP contribution in [0.3, 0.4) is 0 Å². The fourth-order valence-electron chi connectivity index (χ4n) is 4.01. The van der Waals surface area contributed by atoms with Gasteiger partial charge in [-0.15, -0.1) is 0 Å². The van der Waals surface area contributed by atoms with Crippen molar-refractivity contribution in [2.45, 2.75) is 52.0 Å². The molecule has 0 unspecified atom stereocenters. The van der Waals surface area contributed by atoms with E-state index in [1.165, 1.54) is 14.2 Å². The van der Waals surface area contributed by atoms with Crippen molar-refractivity contribution >= 4 is 23.4 Å². The molecule has 0 aliphatic carbocycles. The van der Waals surface area contributed by atoms with E-state index in [1.807, 2.05) is 13.0 Å². The number of piperidine rings is 1. The molecule has 0 aromatic heterocycles. The second kappa shape index (κ2) is 11.0. The predicted molar refractivity (Wildman–Crippen MR) is 117 cm³/mol. The third kappa shape index (κ3) is 6.32. The van der Waals surface area contributed by atoms with Gasteiger partial charge in [-0.1, -0.05) is 26.8 Å². The van der Waals surface area contributed by atoms with Crippen molar-refractivity contribution in [1.82, 2.24) is 4.90 Å². The van der Waals surface area contributed by atoms with Gasteiger partial charge >= 0.3 is 12.1 Å². The van der Waals surface area contributed by atoms with Crippen LogP contribution in [-0.4, -0.2) is 61.8 Å². The van der Waals surface area contributed by atoms with Crippen LogP contribution in [0.15, 0.2) is 18.2 Å². The highest BCUT2D eigenvalue weighted by Gasteiger charge is 2.31. The fourth-order valence-corrected chi connectivity index (χ4v) is 4.01. The Bertz CT molecular complexity index is 789. The van der Waals surface area contributed by atoms with Crippen LogP contribution >= 0.6 is 0 Å². The molecule has 9 heteroatoms. The molecule has 0 saturated carbocycles. The lowest BCUT2D eigenvalue weighted by Crippen LogP contribution is -2.48. The van der Waals surface area contributed by atoms with E-state index in [-0.39, 0.29) is 41.1 Å². The zero-order valence-electron chi connectivity index (χ0n) is 19.0. The molecular weight excluding hydrogens is 402 g/mol. The molecule has 1 fully saturated rings. The fraction of sp³-hybridized carbons (Fsp3) is 0.636. The molecule has 0 spiro atoms. The van der Waals surface area contributed by atoms with E-state index in [9.17, 15) is 19.7 Å². The third-order valence-electron chi connectivity index (χ3n) is 5.68. The normalized spacial score (nSPS) is 15.5. The van der Waals surface area contributed by atoms with Gasteiger partial charge in [0.25, 0.3) is 5.69 Å². The van der Waals surface area contributed by atoms with Gasteiger partial charge in [-0.3, -0.25) is 14.9 Å². The van der Waals surface area contributed by atoms with E-state index in [0.717, 1.165) is 5.56 Å². The lowest BCUT2D eigenvalue weighted by molar-refractivity contribution is -0.384. The smallest absolute Gasteiger partial charge is 0.409 e. The Morgan fingerprint density at radius 3 is 2.35 bits per heavy atom. The van der Waals surface area contributed by atoms with E-state index >= 15 is 0 Å². The average Bonchev–Trinajstić information content (AvgIpc) is 2.76. The van der Waals surface area contributed by atoms with Gasteiger partial charge in [0.05, 0.1) is 25.6 Å². The SMILES string of the molecule is COC(=O)C[C@@H](C)c1ccc(N(CC(C)C)C2CCN(C(=O)OC)CC2)c([N+](=O)[O-])c1. The molecule has 0 radical (unpaired) electrons. The highest BCUT2D eigenvalue weighted by Crippen LogP contribution is 2.36. The second-order valence-corrected chi connectivity index (χ2v) is 8.42.